The lowest BCUT2D eigenvalue weighted by Crippen LogP contribution is -2.54. The molecule has 40 heavy (non-hydrogen) atoms. The number of nitrogens with one attached hydrogen (secondary N) is 1. The van der Waals surface area contributed by atoms with Gasteiger partial charge < -0.3 is 24.8 Å². The summed E-state index contributed by atoms with van der Waals surface area (Å²) in [6.45, 7) is 12.1. The van der Waals surface area contributed by atoms with E-state index in [2.05, 4.69) is 35.9 Å². The number of aromatic hydroxyl groups is 1. The summed E-state index contributed by atoms with van der Waals surface area (Å²) in [7, 11) is 1.58. The van der Waals surface area contributed by atoms with E-state index in [1.54, 1.807) is 31.4 Å². The molecule has 1 amide bonds. The van der Waals surface area contributed by atoms with Gasteiger partial charge in [0.25, 0.3) is 5.91 Å². The summed E-state index contributed by atoms with van der Waals surface area (Å²) < 4.78 is 11.5. The number of halogens is 2. The predicted octanol–water partition coefficient (Wildman–Crippen LogP) is 6.31. The van der Waals surface area contributed by atoms with Crippen molar-refractivity contribution in [1.82, 2.24) is 10.2 Å². The molecule has 1 aliphatic rings. The Hall–Kier alpha value is -3.13. The Labute approximate surface area is 250 Å². The second-order valence-corrected chi connectivity index (χ2v) is 10.3. The van der Waals surface area contributed by atoms with Gasteiger partial charge in [-0.1, -0.05) is 25.1 Å². The second-order valence-electron chi connectivity index (χ2n) is 10.3. The maximum absolute atomic E-state index is 13.1. The molecule has 2 N–H and O–H groups in total. The summed E-state index contributed by atoms with van der Waals surface area (Å²) in [5.41, 5.74) is 2.69. The quantitative estimate of drug-likeness (QED) is 0.304. The Morgan fingerprint density at radius 2 is 1.77 bits per heavy atom. The Kier molecular flexibility index (Phi) is 12.4. The van der Waals surface area contributed by atoms with Crippen molar-refractivity contribution in [2.24, 2.45) is 5.92 Å². The number of hydrogen-bond acceptors (Lipinski definition) is 6. The number of carbonyl (C=O) groups excluding carboxylic acids is 1. The molecule has 1 heterocycles. The molecule has 1 unspecified atom stereocenters. The van der Waals surface area contributed by atoms with Gasteiger partial charge in [0, 0.05) is 55.6 Å². The highest BCUT2D eigenvalue weighted by Gasteiger charge is 2.27. The number of phenolic OH excluding ortho intramolecular Hbond substituents is 1. The van der Waals surface area contributed by atoms with Crippen LogP contribution < -0.4 is 19.7 Å². The summed E-state index contributed by atoms with van der Waals surface area (Å²) in [4.78, 5) is 17.9. The van der Waals surface area contributed by atoms with Crippen LogP contribution in [0, 0.1) is 12.8 Å². The third-order valence-corrected chi connectivity index (χ3v) is 7.27. The van der Waals surface area contributed by atoms with E-state index in [1.165, 1.54) is 0 Å². The van der Waals surface area contributed by atoms with Gasteiger partial charge >= 0.3 is 0 Å². The van der Waals surface area contributed by atoms with Crippen molar-refractivity contribution in [3.8, 4) is 23.0 Å². The molecule has 3 aromatic carbocycles. The number of piperazine rings is 1. The van der Waals surface area contributed by atoms with Crippen LogP contribution in [0.25, 0.3) is 0 Å². The van der Waals surface area contributed by atoms with Crippen LogP contribution in [0.3, 0.4) is 0 Å². The van der Waals surface area contributed by atoms with E-state index in [9.17, 15) is 9.90 Å². The number of amides is 1. The van der Waals surface area contributed by atoms with Gasteiger partial charge in [0.05, 0.1) is 7.11 Å². The molecule has 1 fully saturated rings. The number of carbonyl (C=O) groups is 1. The van der Waals surface area contributed by atoms with Crippen molar-refractivity contribution in [1.29, 1.82) is 0 Å². The molecule has 1 saturated heterocycles. The third-order valence-electron chi connectivity index (χ3n) is 7.27. The summed E-state index contributed by atoms with van der Waals surface area (Å²) in [6.07, 6.45) is 0. The molecule has 0 aromatic heterocycles. The predicted molar refractivity (Wildman–Crippen MR) is 166 cm³/mol. The van der Waals surface area contributed by atoms with Gasteiger partial charge in [-0.3, -0.25) is 9.69 Å². The topological polar surface area (TPSA) is 74.3 Å². The van der Waals surface area contributed by atoms with Crippen LogP contribution in [0.15, 0.2) is 66.7 Å². The van der Waals surface area contributed by atoms with E-state index < -0.39 is 0 Å². The minimum absolute atomic E-state index is 0. The molecule has 7 nitrogen and oxygen atoms in total. The summed E-state index contributed by atoms with van der Waals surface area (Å²) >= 11 is 0. The number of aryl methyl sites for hydroxylation is 1. The van der Waals surface area contributed by atoms with Crippen molar-refractivity contribution in [2.75, 3.05) is 38.2 Å². The highest BCUT2D eigenvalue weighted by Crippen LogP contribution is 2.33. The molecule has 3 aromatic rings. The summed E-state index contributed by atoms with van der Waals surface area (Å²) in [6, 6.07) is 20.8. The van der Waals surface area contributed by atoms with Crippen molar-refractivity contribution < 1.29 is 19.4 Å². The van der Waals surface area contributed by atoms with Crippen LogP contribution in [0.4, 0.5) is 5.69 Å². The average molecular weight is 591 g/mol. The van der Waals surface area contributed by atoms with E-state index in [0.717, 1.165) is 43.2 Å². The second kappa shape index (κ2) is 15.0. The van der Waals surface area contributed by atoms with Crippen molar-refractivity contribution in [2.45, 2.75) is 39.8 Å². The third kappa shape index (κ3) is 8.43. The zero-order chi connectivity index (χ0) is 27.2. The summed E-state index contributed by atoms with van der Waals surface area (Å²) in [5.74, 6) is 2.23. The minimum Gasteiger partial charge on any atom is -0.508 e. The summed E-state index contributed by atoms with van der Waals surface area (Å²) in [5, 5.41) is 13.0. The molecule has 0 radical (unpaired) electrons. The monoisotopic (exact) mass is 589 g/mol. The number of benzene rings is 3. The number of anilines is 1. The lowest BCUT2D eigenvalue weighted by atomic mass is 10.0. The molecule has 0 bridgehead atoms. The molecule has 1 aliphatic heterocycles. The fourth-order valence-electron chi connectivity index (χ4n) is 4.95. The van der Waals surface area contributed by atoms with E-state index in [1.807, 2.05) is 49.4 Å². The van der Waals surface area contributed by atoms with Gasteiger partial charge in [-0.15, -0.1) is 24.8 Å². The number of ether oxygens (including phenoxy) is 2. The largest absolute Gasteiger partial charge is 0.508 e. The van der Waals surface area contributed by atoms with E-state index >= 15 is 0 Å². The van der Waals surface area contributed by atoms with Gasteiger partial charge in [-0.25, -0.2) is 0 Å². The van der Waals surface area contributed by atoms with Gasteiger partial charge in [0.2, 0.25) is 0 Å². The first kappa shape index (κ1) is 33.1. The Morgan fingerprint density at radius 3 is 2.45 bits per heavy atom. The molecule has 0 aliphatic carbocycles. The van der Waals surface area contributed by atoms with Crippen LogP contribution in [0.1, 0.15) is 36.7 Å². The van der Waals surface area contributed by atoms with Crippen LogP contribution in [0.2, 0.25) is 0 Å². The van der Waals surface area contributed by atoms with Crippen LogP contribution >= 0.6 is 24.8 Å². The maximum atomic E-state index is 13.1. The zero-order valence-corrected chi connectivity index (χ0v) is 25.4. The zero-order valence-electron chi connectivity index (χ0n) is 23.8. The number of phenols is 1. The first-order valence-electron chi connectivity index (χ1n) is 13.2. The normalized spacial score (nSPS) is 16.6. The fourth-order valence-corrected chi connectivity index (χ4v) is 4.95. The Bertz CT molecular complexity index is 1260. The Balaban J connectivity index is 0.00000280. The van der Waals surface area contributed by atoms with Gasteiger partial charge in [0.1, 0.15) is 11.5 Å². The lowest BCUT2D eigenvalue weighted by molar-refractivity contribution is 0.0917. The van der Waals surface area contributed by atoms with E-state index in [0.29, 0.717) is 28.9 Å². The molecule has 9 heteroatoms. The van der Waals surface area contributed by atoms with E-state index in [-0.39, 0.29) is 42.7 Å². The van der Waals surface area contributed by atoms with Crippen molar-refractivity contribution >= 4 is 36.4 Å². The lowest BCUT2D eigenvalue weighted by Gasteiger charge is -2.42. The van der Waals surface area contributed by atoms with Crippen LogP contribution in [-0.4, -0.2) is 61.3 Å². The Morgan fingerprint density at radius 1 is 1.02 bits per heavy atom. The standard InChI is InChI=1S/C31H39N3O4.2ClH/c1-21-8-6-11-28(16-21)38-29-13-12-25(17-30(29)37-5)31(36)32-24(4)22(2)19-33-14-15-34(23(3)20-33)26-9-7-10-27(35)18-26;;/h6-13,16-18,22-24,35H,14-15,19-20H2,1-5H3,(H,32,36);2*1H/t22?,23-,24-;;/m0../s1. The molecule has 0 saturated carbocycles. The first-order valence-corrected chi connectivity index (χ1v) is 13.2. The first-order chi connectivity index (χ1) is 18.2. The molecule has 218 valence electrons. The smallest absolute Gasteiger partial charge is 0.251 e. The van der Waals surface area contributed by atoms with E-state index in [4.69, 9.17) is 9.47 Å². The molecule has 4 rings (SSSR count). The SMILES string of the molecule is COc1cc(C(=O)N[C@@H](C)C(C)CN2CCN(c3cccc(O)c3)[C@@H](C)C2)ccc1Oc1cccc(C)c1.Cl.Cl. The molecule has 3 atom stereocenters. The minimum atomic E-state index is -0.133. The highest BCUT2D eigenvalue weighted by atomic mass is 35.5. The molecular weight excluding hydrogens is 549 g/mol. The average Bonchev–Trinajstić information content (AvgIpc) is 2.89. The number of rotatable bonds is 9. The number of methoxy groups -OCH3 is 1. The maximum Gasteiger partial charge on any atom is 0.251 e. The van der Waals surface area contributed by atoms with Crippen LogP contribution in [-0.2, 0) is 0 Å². The number of nitrogens with zero attached hydrogens (tertiary/aromatic N) is 2. The van der Waals surface area contributed by atoms with Gasteiger partial charge in [-0.05, 0) is 74.7 Å². The van der Waals surface area contributed by atoms with Gasteiger partial charge in [-0.2, -0.15) is 0 Å². The van der Waals surface area contributed by atoms with Gasteiger partial charge in [0.15, 0.2) is 11.5 Å². The highest BCUT2D eigenvalue weighted by molar-refractivity contribution is 5.95. The fraction of sp³-hybridized carbons (Fsp3) is 0.387. The van der Waals surface area contributed by atoms with Crippen LogP contribution in [0.5, 0.6) is 23.0 Å². The van der Waals surface area contributed by atoms with Crippen molar-refractivity contribution in [3.63, 3.8) is 0 Å². The number of hydrogen-bond donors (Lipinski definition) is 2. The molecular formula is C31H41Cl2N3O4. The molecule has 0 spiro atoms. The van der Waals surface area contributed by atoms with Crippen molar-refractivity contribution in [3.05, 3.63) is 77.9 Å².